The van der Waals surface area contributed by atoms with Crippen molar-refractivity contribution in [3.8, 4) is 0 Å². The molecule has 6 rings (SSSR count). The monoisotopic (exact) mass is 372 g/mol. The number of ether oxygens (including phenoxy) is 1. The number of carbonyl (C=O) groups is 1. The molecule has 0 saturated heterocycles. The van der Waals surface area contributed by atoms with Gasteiger partial charge in [-0.15, -0.1) is 0 Å². The number of allylic oxidation sites excluding steroid dienone is 2. The number of fused-ring (bicyclic) bond motifs is 1. The van der Waals surface area contributed by atoms with E-state index in [9.17, 15) is 9.18 Å². The van der Waals surface area contributed by atoms with Gasteiger partial charge in [0, 0.05) is 13.7 Å². The van der Waals surface area contributed by atoms with Crippen molar-refractivity contribution < 1.29 is 13.9 Å². The highest BCUT2D eigenvalue weighted by atomic mass is 32.1. The Morgan fingerprint density at radius 2 is 2.31 bits per heavy atom. The lowest BCUT2D eigenvalue weighted by Crippen LogP contribution is -2.31. The average Bonchev–Trinajstić information content (AvgIpc) is 3.18. The summed E-state index contributed by atoms with van der Waals surface area (Å²) in [6, 6.07) is 4.72. The molecule has 1 aromatic carbocycles. The van der Waals surface area contributed by atoms with E-state index in [2.05, 4.69) is 11.1 Å². The topological polar surface area (TPSA) is 43.6 Å². The summed E-state index contributed by atoms with van der Waals surface area (Å²) in [5, 5.41) is 0. The van der Waals surface area contributed by atoms with Crippen LogP contribution in [0.3, 0.4) is 0 Å². The molecule has 1 aromatic heterocycles. The summed E-state index contributed by atoms with van der Waals surface area (Å²) >= 11 is 1.45. The van der Waals surface area contributed by atoms with Crippen LogP contribution in [0.5, 0.6) is 0 Å². The fraction of sp³-hybridized carbons (Fsp3) is 0.500. The molecule has 4 nitrogen and oxygen atoms in total. The molecule has 26 heavy (non-hydrogen) atoms. The van der Waals surface area contributed by atoms with E-state index in [1.165, 1.54) is 29.0 Å². The Bertz CT molecular complexity index is 989. The van der Waals surface area contributed by atoms with Crippen molar-refractivity contribution in [3.63, 3.8) is 0 Å². The number of benzene rings is 1. The van der Waals surface area contributed by atoms with Crippen LogP contribution >= 0.6 is 11.3 Å². The van der Waals surface area contributed by atoms with Crippen molar-refractivity contribution in [3.05, 3.63) is 40.5 Å². The average molecular weight is 372 g/mol. The largest absolute Gasteiger partial charge is 0.383 e. The number of aromatic nitrogens is 1. The Kier molecular flexibility index (Phi) is 3.87. The lowest BCUT2D eigenvalue weighted by Gasteiger charge is -2.29. The first-order chi connectivity index (χ1) is 12.6. The van der Waals surface area contributed by atoms with Crippen molar-refractivity contribution in [1.82, 2.24) is 4.57 Å². The molecule has 1 heterocycles. The molecule has 0 N–H and O–H groups in total. The molecule has 4 bridgehead atoms. The van der Waals surface area contributed by atoms with Gasteiger partial charge in [-0.1, -0.05) is 23.0 Å². The fourth-order valence-corrected chi connectivity index (χ4v) is 6.22. The number of carbonyl (C=O) groups excluding carboxylic acids is 1. The summed E-state index contributed by atoms with van der Waals surface area (Å²) in [6.45, 7) is 1.05. The van der Waals surface area contributed by atoms with Crippen LogP contribution in [0.4, 0.5) is 4.39 Å². The molecule has 4 atom stereocenters. The van der Waals surface area contributed by atoms with Crippen molar-refractivity contribution in [2.45, 2.75) is 25.8 Å². The van der Waals surface area contributed by atoms with Crippen LogP contribution in [-0.4, -0.2) is 24.2 Å². The lowest BCUT2D eigenvalue weighted by molar-refractivity contribution is -0.125. The molecule has 6 heteroatoms. The van der Waals surface area contributed by atoms with Gasteiger partial charge in [0.1, 0.15) is 5.82 Å². The van der Waals surface area contributed by atoms with Gasteiger partial charge in [-0.2, -0.15) is 4.99 Å². The Morgan fingerprint density at radius 3 is 3.12 bits per heavy atom. The van der Waals surface area contributed by atoms with Gasteiger partial charge in [0.05, 0.1) is 22.7 Å². The number of thiazole rings is 1. The first kappa shape index (κ1) is 16.4. The van der Waals surface area contributed by atoms with Gasteiger partial charge in [-0.05, 0) is 55.2 Å². The number of nitrogens with zero attached hydrogens (tertiary/aromatic N) is 2. The van der Waals surface area contributed by atoms with Gasteiger partial charge >= 0.3 is 0 Å². The Labute approximate surface area is 155 Å². The van der Waals surface area contributed by atoms with Crippen molar-refractivity contribution in [2.24, 2.45) is 28.7 Å². The number of hydrogen-bond donors (Lipinski definition) is 0. The molecular weight excluding hydrogens is 351 g/mol. The van der Waals surface area contributed by atoms with E-state index in [0.29, 0.717) is 35.7 Å². The summed E-state index contributed by atoms with van der Waals surface area (Å²) in [5.41, 5.74) is 2.26. The molecular formula is C20H21FN2O2S. The standard InChI is InChI=1S/C20H21FN2O2S/c1-25-5-4-23-16-10-14(21)2-3-17(16)26-20(23)22-19(24)18-13-7-11-6-12(9-13)15(18)8-11/h2-3,6,10-11,13,15,18H,4-5,7-9H2,1H3/t11?,13?,15?,18-/m1/s1. The number of methoxy groups -OCH3 is 1. The second-order valence-electron chi connectivity index (χ2n) is 7.66. The molecule has 3 unspecified atom stereocenters. The first-order valence-electron chi connectivity index (χ1n) is 9.21. The maximum absolute atomic E-state index is 13.7. The zero-order chi connectivity index (χ0) is 17.8. The zero-order valence-electron chi connectivity index (χ0n) is 14.7. The van der Waals surface area contributed by atoms with Crippen LogP contribution in [0.25, 0.3) is 10.2 Å². The van der Waals surface area contributed by atoms with Crippen LogP contribution in [0.2, 0.25) is 0 Å². The van der Waals surface area contributed by atoms with Gasteiger partial charge in [0.2, 0.25) is 0 Å². The maximum Gasteiger partial charge on any atom is 0.252 e. The second kappa shape index (κ2) is 6.13. The minimum absolute atomic E-state index is 0.00180. The van der Waals surface area contributed by atoms with Crippen LogP contribution in [0.15, 0.2) is 34.8 Å². The van der Waals surface area contributed by atoms with Crippen molar-refractivity contribution in [1.29, 1.82) is 0 Å². The minimum atomic E-state index is -0.281. The summed E-state index contributed by atoms with van der Waals surface area (Å²) < 4.78 is 21.8. The quantitative estimate of drug-likeness (QED) is 0.771. The Balaban J connectivity index is 1.55. The van der Waals surface area contributed by atoms with E-state index < -0.39 is 0 Å². The number of amides is 1. The second-order valence-corrected chi connectivity index (χ2v) is 8.67. The van der Waals surface area contributed by atoms with Gasteiger partial charge < -0.3 is 9.30 Å². The summed E-state index contributed by atoms with van der Waals surface area (Å²) in [4.78, 5) is 18.2. The highest BCUT2D eigenvalue weighted by molar-refractivity contribution is 7.16. The van der Waals surface area contributed by atoms with E-state index in [1.807, 2.05) is 4.57 Å². The summed E-state index contributed by atoms with van der Waals surface area (Å²) in [5.74, 6) is 1.33. The van der Waals surface area contributed by atoms with E-state index in [0.717, 1.165) is 29.5 Å². The molecule has 136 valence electrons. The lowest BCUT2D eigenvalue weighted by atomic mass is 9.75. The van der Waals surface area contributed by atoms with Crippen LogP contribution < -0.4 is 4.80 Å². The molecule has 0 radical (unpaired) electrons. The first-order valence-corrected chi connectivity index (χ1v) is 10.0. The Hall–Kier alpha value is -1.79. The fourth-order valence-electron chi connectivity index (χ4n) is 5.18. The highest BCUT2D eigenvalue weighted by Crippen LogP contribution is 2.57. The molecule has 2 aromatic rings. The van der Waals surface area contributed by atoms with Gasteiger partial charge in [0.15, 0.2) is 4.80 Å². The van der Waals surface area contributed by atoms with Crippen LogP contribution in [-0.2, 0) is 16.1 Å². The predicted molar refractivity (Wildman–Crippen MR) is 98.1 cm³/mol. The van der Waals surface area contributed by atoms with E-state index in [1.54, 1.807) is 13.2 Å². The highest BCUT2D eigenvalue weighted by Gasteiger charge is 2.51. The molecule has 0 aliphatic heterocycles. The number of rotatable bonds is 4. The zero-order valence-corrected chi connectivity index (χ0v) is 15.5. The molecule has 2 fully saturated rings. The van der Waals surface area contributed by atoms with E-state index in [-0.39, 0.29) is 17.6 Å². The Morgan fingerprint density at radius 1 is 1.42 bits per heavy atom. The molecule has 0 spiro atoms. The molecule has 2 saturated carbocycles. The molecule has 1 amide bonds. The van der Waals surface area contributed by atoms with Crippen molar-refractivity contribution in [2.75, 3.05) is 13.7 Å². The summed E-state index contributed by atoms with van der Waals surface area (Å²) in [6.07, 6.45) is 5.73. The van der Waals surface area contributed by atoms with E-state index in [4.69, 9.17) is 4.74 Å². The normalized spacial score (nSPS) is 29.8. The number of hydrogen-bond acceptors (Lipinski definition) is 3. The van der Waals surface area contributed by atoms with E-state index >= 15 is 0 Å². The minimum Gasteiger partial charge on any atom is -0.383 e. The number of halogens is 1. The van der Waals surface area contributed by atoms with Gasteiger partial charge in [0.25, 0.3) is 5.91 Å². The third-order valence-corrected chi connectivity index (χ3v) is 7.24. The SMILES string of the molecule is COCCn1c(=NC(=O)[C@@H]2C3CC4=CC(C3)CC42)sc2ccc(F)cc21. The predicted octanol–water partition coefficient (Wildman–Crippen LogP) is 3.52. The van der Waals surface area contributed by atoms with Gasteiger partial charge in [-0.3, -0.25) is 4.79 Å². The maximum atomic E-state index is 13.7. The smallest absolute Gasteiger partial charge is 0.252 e. The van der Waals surface area contributed by atoms with Crippen molar-refractivity contribution >= 4 is 27.5 Å². The third kappa shape index (κ3) is 2.50. The third-order valence-electron chi connectivity index (χ3n) is 6.18. The molecule has 4 aliphatic rings. The molecule has 4 aliphatic carbocycles. The van der Waals surface area contributed by atoms with Gasteiger partial charge in [-0.25, -0.2) is 4.39 Å². The van der Waals surface area contributed by atoms with Crippen LogP contribution in [0.1, 0.15) is 19.3 Å². The van der Waals surface area contributed by atoms with Crippen LogP contribution in [0, 0.1) is 29.5 Å². The summed E-state index contributed by atoms with van der Waals surface area (Å²) in [7, 11) is 1.64.